The molecule has 0 aromatic rings. The van der Waals surface area contributed by atoms with Crippen molar-refractivity contribution >= 4 is 17.7 Å². The molecule has 2 saturated heterocycles. The molecule has 0 saturated carbocycles. The number of nitrogens with zero attached hydrogens (tertiary/aromatic N) is 1. The zero-order valence-electron chi connectivity index (χ0n) is 11.0. The van der Waals surface area contributed by atoms with E-state index in [0.717, 1.165) is 13.0 Å². The highest BCUT2D eigenvalue weighted by Crippen LogP contribution is 2.28. The third-order valence-electron chi connectivity index (χ3n) is 3.94. The van der Waals surface area contributed by atoms with Crippen molar-refractivity contribution in [1.29, 1.82) is 0 Å². The molecule has 0 bridgehead atoms. The van der Waals surface area contributed by atoms with Gasteiger partial charge in [-0.2, -0.15) is 11.8 Å². The molecule has 104 valence electrons. The molecule has 0 aromatic carbocycles. The van der Waals surface area contributed by atoms with Crippen molar-refractivity contribution in [2.24, 2.45) is 5.92 Å². The molecule has 2 atom stereocenters. The highest BCUT2D eigenvalue weighted by atomic mass is 32.2. The molecule has 4 nitrogen and oxygen atoms in total. The highest BCUT2D eigenvalue weighted by Gasteiger charge is 2.40. The van der Waals surface area contributed by atoms with E-state index in [1.165, 1.54) is 24.3 Å². The minimum atomic E-state index is -0.705. The maximum Gasteiger partial charge on any atom is 0.310 e. The van der Waals surface area contributed by atoms with Gasteiger partial charge < -0.3 is 9.84 Å². The van der Waals surface area contributed by atoms with E-state index in [0.29, 0.717) is 19.3 Å². The van der Waals surface area contributed by atoms with Gasteiger partial charge in [0.05, 0.1) is 19.1 Å². The number of carboxylic acid groups (broad SMARTS) is 1. The zero-order valence-corrected chi connectivity index (χ0v) is 11.8. The van der Waals surface area contributed by atoms with Gasteiger partial charge in [-0.15, -0.1) is 0 Å². The maximum atomic E-state index is 11.3. The first-order chi connectivity index (χ1) is 8.74. The molecule has 5 heteroatoms. The Bertz CT molecular complexity index is 281. The van der Waals surface area contributed by atoms with E-state index in [-0.39, 0.29) is 12.0 Å². The highest BCUT2D eigenvalue weighted by molar-refractivity contribution is 7.99. The summed E-state index contributed by atoms with van der Waals surface area (Å²) in [5, 5.41) is 9.29. The minimum Gasteiger partial charge on any atom is -0.481 e. The smallest absolute Gasteiger partial charge is 0.310 e. The van der Waals surface area contributed by atoms with Crippen molar-refractivity contribution in [2.45, 2.75) is 38.3 Å². The molecule has 0 aliphatic carbocycles. The second-order valence-corrected chi connectivity index (χ2v) is 6.36. The van der Waals surface area contributed by atoms with Crippen LogP contribution in [-0.4, -0.2) is 59.3 Å². The number of ether oxygens (including phenoxy) is 1. The summed E-state index contributed by atoms with van der Waals surface area (Å²) in [6.45, 7) is 4.12. The van der Waals surface area contributed by atoms with Crippen LogP contribution < -0.4 is 0 Å². The quantitative estimate of drug-likeness (QED) is 0.826. The van der Waals surface area contributed by atoms with Crippen molar-refractivity contribution in [2.75, 3.05) is 31.3 Å². The molecule has 2 unspecified atom stereocenters. The van der Waals surface area contributed by atoms with Crippen molar-refractivity contribution in [3.05, 3.63) is 0 Å². The minimum absolute atomic E-state index is 0.0792. The molecule has 2 rings (SSSR count). The van der Waals surface area contributed by atoms with E-state index >= 15 is 0 Å². The first-order valence-corrected chi connectivity index (χ1v) is 8.03. The molecular weight excluding hydrogens is 250 g/mol. The lowest BCUT2D eigenvalue weighted by Gasteiger charge is -2.39. The number of rotatable bonds is 5. The van der Waals surface area contributed by atoms with E-state index in [1.807, 2.05) is 11.8 Å². The predicted octanol–water partition coefficient (Wildman–Crippen LogP) is 1.69. The van der Waals surface area contributed by atoms with Crippen LogP contribution in [0.1, 0.15) is 26.2 Å². The average Bonchev–Trinajstić information content (AvgIpc) is 2.86. The van der Waals surface area contributed by atoms with Crippen LogP contribution in [0.2, 0.25) is 0 Å². The van der Waals surface area contributed by atoms with Gasteiger partial charge in [0.15, 0.2) is 0 Å². The van der Waals surface area contributed by atoms with E-state index in [4.69, 9.17) is 4.74 Å². The Labute approximate surface area is 113 Å². The van der Waals surface area contributed by atoms with E-state index in [1.54, 1.807) is 0 Å². The van der Waals surface area contributed by atoms with Crippen molar-refractivity contribution in [1.82, 2.24) is 4.90 Å². The van der Waals surface area contributed by atoms with Crippen molar-refractivity contribution in [3.63, 3.8) is 0 Å². The van der Waals surface area contributed by atoms with Gasteiger partial charge in [0, 0.05) is 12.1 Å². The second kappa shape index (κ2) is 6.78. The largest absolute Gasteiger partial charge is 0.481 e. The van der Waals surface area contributed by atoms with Crippen LogP contribution >= 0.6 is 11.8 Å². The third-order valence-corrected chi connectivity index (χ3v) is 4.98. The topological polar surface area (TPSA) is 49.8 Å². The van der Waals surface area contributed by atoms with Gasteiger partial charge in [-0.05, 0) is 37.3 Å². The van der Waals surface area contributed by atoms with Crippen LogP contribution in [-0.2, 0) is 9.53 Å². The number of carboxylic acids is 1. The summed E-state index contributed by atoms with van der Waals surface area (Å²) >= 11 is 2.01. The molecule has 18 heavy (non-hydrogen) atoms. The molecule has 0 aromatic heterocycles. The Morgan fingerprint density at radius 1 is 1.39 bits per heavy atom. The lowest BCUT2D eigenvalue weighted by atomic mass is 9.98. The van der Waals surface area contributed by atoms with E-state index < -0.39 is 5.97 Å². The summed E-state index contributed by atoms with van der Waals surface area (Å²) in [4.78, 5) is 13.7. The summed E-state index contributed by atoms with van der Waals surface area (Å²) in [5.74, 6) is 1.36. The van der Waals surface area contributed by atoms with Crippen LogP contribution in [0.4, 0.5) is 0 Å². The summed E-state index contributed by atoms with van der Waals surface area (Å²) in [5.41, 5.74) is 0. The van der Waals surface area contributed by atoms with Gasteiger partial charge in [0.2, 0.25) is 0 Å². The van der Waals surface area contributed by atoms with Crippen LogP contribution in [0.15, 0.2) is 0 Å². The first kappa shape index (κ1) is 14.2. The Hall–Kier alpha value is -0.260. The second-order valence-electron chi connectivity index (χ2n) is 5.13. The molecule has 1 N–H and O–H groups in total. The van der Waals surface area contributed by atoms with Gasteiger partial charge in [-0.3, -0.25) is 9.69 Å². The fourth-order valence-electron chi connectivity index (χ4n) is 3.00. The molecular formula is C13H23NO3S. The number of carbonyl (C=O) groups is 1. The Balaban J connectivity index is 2.05. The van der Waals surface area contributed by atoms with Crippen LogP contribution in [0.5, 0.6) is 0 Å². The molecule has 2 aliphatic rings. The SMILES string of the molecule is CCCN(C1CCSCC1)C1COCC1C(=O)O. The lowest BCUT2D eigenvalue weighted by molar-refractivity contribution is -0.143. The van der Waals surface area contributed by atoms with Crippen molar-refractivity contribution in [3.8, 4) is 0 Å². The number of aliphatic carboxylic acids is 1. The van der Waals surface area contributed by atoms with Gasteiger partial charge in [0.25, 0.3) is 0 Å². The average molecular weight is 273 g/mol. The Morgan fingerprint density at radius 3 is 2.72 bits per heavy atom. The molecule has 2 fully saturated rings. The predicted molar refractivity (Wildman–Crippen MR) is 73.1 cm³/mol. The Morgan fingerprint density at radius 2 is 2.11 bits per heavy atom. The van der Waals surface area contributed by atoms with Gasteiger partial charge >= 0.3 is 5.97 Å². The monoisotopic (exact) mass is 273 g/mol. The molecule has 2 aliphatic heterocycles. The fourth-order valence-corrected chi connectivity index (χ4v) is 4.08. The fraction of sp³-hybridized carbons (Fsp3) is 0.923. The van der Waals surface area contributed by atoms with Crippen molar-refractivity contribution < 1.29 is 14.6 Å². The summed E-state index contributed by atoms with van der Waals surface area (Å²) in [6.07, 6.45) is 3.45. The van der Waals surface area contributed by atoms with Gasteiger partial charge in [-0.1, -0.05) is 6.92 Å². The van der Waals surface area contributed by atoms with Gasteiger partial charge in [-0.25, -0.2) is 0 Å². The standard InChI is InChI=1S/C13H23NO3S/c1-2-5-14(10-3-6-18-7-4-10)12-9-17-8-11(12)13(15)16/h10-12H,2-9H2,1H3,(H,15,16). The normalized spacial score (nSPS) is 29.9. The third kappa shape index (κ3) is 3.19. The molecule has 2 heterocycles. The Kier molecular flexibility index (Phi) is 5.33. The summed E-state index contributed by atoms with van der Waals surface area (Å²) in [6, 6.07) is 0.635. The van der Waals surface area contributed by atoms with E-state index in [9.17, 15) is 9.90 Å². The molecule has 0 amide bonds. The van der Waals surface area contributed by atoms with Crippen LogP contribution in [0.3, 0.4) is 0 Å². The van der Waals surface area contributed by atoms with Crippen LogP contribution in [0, 0.1) is 5.92 Å². The first-order valence-electron chi connectivity index (χ1n) is 6.88. The summed E-state index contributed by atoms with van der Waals surface area (Å²) < 4.78 is 5.42. The summed E-state index contributed by atoms with van der Waals surface area (Å²) in [7, 11) is 0. The maximum absolute atomic E-state index is 11.3. The van der Waals surface area contributed by atoms with E-state index in [2.05, 4.69) is 11.8 Å². The molecule has 0 spiro atoms. The van der Waals surface area contributed by atoms with Crippen LogP contribution in [0.25, 0.3) is 0 Å². The number of hydrogen-bond acceptors (Lipinski definition) is 4. The molecule has 0 radical (unpaired) electrons. The number of hydrogen-bond donors (Lipinski definition) is 1. The zero-order chi connectivity index (χ0) is 13.0. The van der Waals surface area contributed by atoms with Gasteiger partial charge in [0.1, 0.15) is 0 Å². The lowest BCUT2D eigenvalue weighted by Crippen LogP contribution is -2.50. The number of thioether (sulfide) groups is 1.